The van der Waals surface area contributed by atoms with Gasteiger partial charge in [0.2, 0.25) is 6.79 Å². The van der Waals surface area contributed by atoms with E-state index in [0.29, 0.717) is 6.61 Å². The molecule has 0 bridgehead atoms. The van der Waals surface area contributed by atoms with Gasteiger partial charge in [0, 0.05) is 10.9 Å². The molecule has 0 saturated heterocycles. The summed E-state index contributed by atoms with van der Waals surface area (Å²) in [5.74, 6) is -0.885. The van der Waals surface area contributed by atoms with Crippen LogP contribution in [0.4, 0.5) is 0 Å². The summed E-state index contributed by atoms with van der Waals surface area (Å²) in [5, 5.41) is 1.16. The number of fused-ring (bicyclic) bond motifs is 3. The molecule has 1 aliphatic rings. The summed E-state index contributed by atoms with van der Waals surface area (Å²) in [5.41, 5.74) is 1.69. The SMILES string of the molecule is CC(C)(C)C(=O)OCOC(=O)C[C@@]1(C)OCCc2c1[nH]c1ccccc21. The minimum Gasteiger partial charge on any atom is -0.428 e. The van der Waals surface area contributed by atoms with Crippen molar-refractivity contribution in [3.63, 3.8) is 0 Å². The number of aromatic amines is 1. The van der Waals surface area contributed by atoms with Gasteiger partial charge in [-0.25, -0.2) is 0 Å². The lowest BCUT2D eigenvalue weighted by molar-refractivity contribution is -0.176. The maximum absolute atomic E-state index is 12.3. The molecule has 1 N–H and O–H groups in total. The molecule has 26 heavy (non-hydrogen) atoms. The number of esters is 2. The molecule has 0 amide bonds. The predicted octanol–water partition coefficient (Wildman–Crippen LogP) is 3.44. The molecule has 1 aliphatic heterocycles. The molecule has 1 atom stereocenters. The van der Waals surface area contributed by atoms with Crippen LogP contribution in [0.2, 0.25) is 0 Å². The number of hydrogen-bond acceptors (Lipinski definition) is 5. The molecule has 2 aromatic rings. The number of carbonyl (C=O) groups is 2. The Morgan fingerprint density at radius 1 is 1.23 bits per heavy atom. The number of benzene rings is 1. The molecule has 0 radical (unpaired) electrons. The fourth-order valence-corrected chi connectivity index (χ4v) is 3.19. The monoisotopic (exact) mass is 359 g/mol. The van der Waals surface area contributed by atoms with Crippen molar-refractivity contribution in [1.29, 1.82) is 0 Å². The van der Waals surface area contributed by atoms with E-state index in [4.69, 9.17) is 14.2 Å². The van der Waals surface area contributed by atoms with Crippen LogP contribution in [-0.2, 0) is 35.8 Å². The van der Waals surface area contributed by atoms with Gasteiger partial charge in [0.15, 0.2) is 0 Å². The minimum absolute atomic E-state index is 0.0416. The number of hydrogen-bond donors (Lipinski definition) is 1. The van der Waals surface area contributed by atoms with E-state index in [0.717, 1.165) is 23.0 Å². The Morgan fingerprint density at radius 2 is 1.96 bits per heavy atom. The van der Waals surface area contributed by atoms with Gasteiger partial charge in [-0.3, -0.25) is 9.59 Å². The van der Waals surface area contributed by atoms with E-state index < -0.39 is 23.0 Å². The molecule has 6 nitrogen and oxygen atoms in total. The van der Waals surface area contributed by atoms with Crippen molar-refractivity contribution in [2.45, 2.75) is 46.1 Å². The first-order valence-electron chi connectivity index (χ1n) is 8.77. The van der Waals surface area contributed by atoms with Crippen molar-refractivity contribution in [1.82, 2.24) is 4.98 Å². The third-order valence-corrected chi connectivity index (χ3v) is 4.62. The minimum atomic E-state index is -0.794. The van der Waals surface area contributed by atoms with Crippen LogP contribution in [0.1, 0.15) is 45.4 Å². The van der Waals surface area contributed by atoms with Crippen molar-refractivity contribution >= 4 is 22.8 Å². The normalized spacial score (nSPS) is 19.8. The van der Waals surface area contributed by atoms with Gasteiger partial charge in [-0.15, -0.1) is 0 Å². The molecule has 2 heterocycles. The molecular formula is C20H25NO5. The molecule has 0 saturated carbocycles. The Kier molecular flexibility index (Phi) is 4.80. The topological polar surface area (TPSA) is 77.6 Å². The van der Waals surface area contributed by atoms with E-state index in [1.54, 1.807) is 20.8 Å². The van der Waals surface area contributed by atoms with E-state index in [2.05, 4.69) is 11.1 Å². The lowest BCUT2D eigenvalue weighted by Gasteiger charge is -2.33. The zero-order valence-corrected chi connectivity index (χ0v) is 15.7. The van der Waals surface area contributed by atoms with Gasteiger partial charge >= 0.3 is 11.9 Å². The highest BCUT2D eigenvalue weighted by Gasteiger charge is 2.38. The van der Waals surface area contributed by atoms with Crippen LogP contribution in [0.25, 0.3) is 10.9 Å². The van der Waals surface area contributed by atoms with Gasteiger partial charge in [-0.1, -0.05) is 18.2 Å². The number of nitrogens with one attached hydrogen (secondary N) is 1. The summed E-state index contributed by atoms with van der Waals surface area (Å²) < 4.78 is 16.0. The maximum atomic E-state index is 12.3. The number of rotatable bonds is 4. The predicted molar refractivity (Wildman–Crippen MR) is 96.4 cm³/mol. The van der Waals surface area contributed by atoms with E-state index in [9.17, 15) is 9.59 Å². The molecule has 0 spiro atoms. The number of ether oxygens (including phenoxy) is 3. The van der Waals surface area contributed by atoms with E-state index in [1.165, 1.54) is 5.56 Å². The number of carbonyl (C=O) groups excluding carboxylic acids is 2. The highest BCUT2D eigenvalue weighted by Crippen LogP contribution is 2.39. The Bertz CT molecular complexity index is 832. The fourth-order valence-electron chi connectivity index (χ4n) is 3.19. The van der Waals surface area contributed by atoms with Gasteiger partial charge < -0.3 is 19.2 Å². The number of H-pyrrole nitrogens is 1. The molecule has 0 fully saturated rings. The van der Waals surface area contributed by atoms with Crippen LogP contribution in [-0.4, -0.2) is 30.3 Å². The molecule has 3 rings (SSSR count). The van der Waals surface area contributed by atoms with Crippen molar-refractivity contribution in [3.05, 3.63) is 35.5 Å². The third-order valence-electron chi connectivity index (χ3n) is 4.62. The first kappa shape index (κ1) is 18.5. The summed E-state index contributed by atoms with van der Waals surface area (Å²) in [6, 6.07) is 8.06. The van der Waals surface area contributed by atoms with Crippen LogP contribution >= 0.6 is 0 Å². The largest absolute Gasteiger partial charge is 0.428 e. The van der Waals surface area contributed by atoms with E-state index in [-0.39, 0.29) is 13.2 Å². The Morgan fingerprint density at radius 3 is 2.69 bits per heavy atom. The van der Waals surface area contributed by atoms with Gasteiger partial charge in [0.05, 0.1) is 24.1 Å². The van der Waals surface area contributed by atoms with Gasteiger partial charge in [-0.2, -0.15) is 0 Å². The van der Waals surface area contributed by atoms with Crippen LogP contribution in [0.5, 0.6) is 0 Å². The Labute approximate surface area is 152 Å². The summed E-state index contributed by atoms with van der Waals surface area (Å²) in [7, 11) is 0. The van der Waals surface area contributed by atoms with Crippen LogP contribution < -0.4 is 0 Å². The van der Waals surface area contributed by atoms with Gasteiger partial charge in [0.1, 0.15) is 5.60 Å². The maximum Gasteiger partial charge on any atom is 0.314 e. The lowest BCUT2D eigenvalue weighted by Crippen LogP contribution is -2.35. The quantitative estimate of drug-likeness (QED) is 0.668. The first-order valence-corrected chi connectivity index (χ1v) is 8.77. The number of aromatic nitrogens is 1. The molecule has 0 unspecified atom stereocenters. The Balaban J connectivity index is 1.68. The van der Waals surface area contributed by atoms with Crippen LogP contribution in [0.3, 0.4) is 0 Å². The van der Waals surface area contributed by atoms with Crippen LogP contribution in [0, 0.1) is 5.41 Å². The third kappa shape index (κ3) is 3.60. The second kappa shape index (κ2) is 6.76. The van der Waals surface area contributed by atoms with Crippen molar-refractivity contribution in [2.24, 2.45) is 5.41 Å². The summed E-state index contributed by atoms with van der Waals surface area (Å²) in [6.45, 7) is 7.26. The van der Waals surface area contributed by atoms with E-state index in [1.807, 2.05) is 25.1 Å². The standard InChI is InChI=1S/C20H25NO5/c1-19(2,3)18(23)25-12-24-16(22)11-20(4)17-14(9-10-26-20)13-7-5-6-8-15(13)21-17/h5-8,21H,9-12H2,1-4H3/t20-/m1/s1. The second-order valence-electron chi connectivity index (χ2n) is 7.85. The molecule has 0 aliphatic carbocycles. The van der Waals surface area contributed by atoms with Crippen molar-refractivity contribution < 1.29 is 23.8 Å². The molecule has 1 aromatic heterocycles. The first-order chi connectivity index (χ1) is 12.2. The smallest absolute Gasteiger partial charge is 0.314 e. The van der Waals surface area contributed by atoms with Crippen molar-refractivity contribution in [3.8, 4) is 0 Å². The Hall–Kier alpha value is -2.34. The fraction of sp³-hybridized carbons (Fsp3) is 0.500. The van der Waals surface area contributed by atoms with Gasteiger partial charge in [-0.05, 0) is 45.7 Å². The molecule has 1 aromatic carbocycles. The van der Waals surface area contributed by atoms with Crippen LogP contribution in [0.15, 0.2) is 24.3 Å². The van der Waals surface area contributed by atoms with Crippen molar-refractivity contribution in [2.75, 3.05) is 13.4 Å². The number of para-hydroxylation sites is 1. The average molecular weight is 359 g/mol. The second-order valence-corrected chi connectivity index (χ2v) is 7.85. The summed E-state index contributed by atoms with van der Waals surface area (Å²) in [6.07, 6.45) is 0.840. The summed E-state index contributed by atoms with van der Waals surface area (Å²) in [4.78, 5) is 27.4. The molecule has 140 valence electrons. The highest BCUT2D eigenvalue weighted by atomic mass is 16.7. The van der Waals surface area contributed by atoms with E-state index >= 15 is 0 Å². The molecular weight excluding hydrogens is 334 g/mol. The molecule has 6 heteroatoms. The zero-order valence-electron chi connectivity index (χ0n) is 15.7. The highest BCUT2D eigenvalue weighted by molar-refractivity contribution is 5.85. The zero-order chi connectivity index (χ0) is 18.9. The van der Waals surface area contributed by atoms with Gasteiger partial charge in [0.25, 0.3) is 0 Å². The lowest BCUT2D eigenvalue weighted by atomic mass is 9.90. The average Bonchev–Trinajstić information content (AvgIpc) is 2.94. The summed E-state index contributed by atoms with van der Waals surface area (Å²) >= 11 is 0.